The van der Waals surface area contributed by atoms with E-state index in [2.05, 4.69) is 18.7 Å². The van der Waals surface area contributed by atoms with Crippen LogP contribution in [0.15, 0.2) is 60.7 Å². The maximum atomic E-state index is 11.5. The van der Waals surface area contributed by atoms with Gasteiger partial charge in [0.05, 0.1) is 0 Å². The Bertz CT molecular complexity index is 660. The van der Waals surface area contributed by atoms with E-state index in [-0.39, 0.29) is 6.04 Å². The lowest BCUT2D eigenvalue weighted by atomic mass is 9.97. The van der Waals surface area contributed by atoms with Crippen molar-refractivity contribution in [3.05, 3.63) is 71.8 Å². The number of nitrogens with zero attached hydrogens (tertiary/aromatic N) is 1. The lowest BCUT2D eigenvalue weighted by molar-refractivity contribution is -0.151. The van der Waals surface area contributed by atoms with Crippen molar-refractivity contribution in [2.45, 2.75) is 57.8 Å². The third-order valence-electron chi connectivity index (χ3n) is 4.88. The topological polar surface area (TPSA) is 60.8 Å². The van der Waals surface area contributed by atoms with Gasteiger partial charge in [-0.15, -0.1) is 0 Å². The fraction of sp³-hybridized carbons (Fsp3) is 0.409. The molecule has 140 valence electrons. The first-order chi connectivity index (χ1) is 12.5. The zero-order chi connectivity index (χ0) is 18.9. The minimum atomic E-state index is -1.41. The number of carboxylic acid groups (broad SMARTS) is 1. The Balaban J connectivity index is 2.36. The van der Waals surface area contributed by atoms with Gasteiger partial charge in [0.15, 0.2) is 6.10 Å². The second-order valence-electron chi connectivity index (χ2n) is 6.74. The van der Waals surface area contributed by atoms with E-state index in [1.807, 2.05) is 60.7 Å². The highest BCUT2D eigenvalue weighted by Crippen LogP contribution is 2.28. The summed E-state index contributed by atoms with van der Waals surface area (Å²) < 4.78 is 0. The largest absolute Gasteiger partial charge is 0.479 e. The van der Waals surface area contributed by atoms with Crippen molar-refractivity contribution in [1.82, 2.24) is 4.90 Å². The number of aliphatic hydroxyl groups is 1. The van der Waals surface area contributed by atoms with Gasteiger partial charge < -0.3 is 10.2 Å². The Labute approximate surface area is 156 Å². The summed E-state index contributed by atoms with van der Waals surface area (Å²) in [5, 5.41) is 19.9. The molecule has 2 N–H and O–H groups in total. The van der Waals surface area contributed by atoms with Gasteiger partial charge in [0, 0.05) is 18.6 Å². The summed E-state index contributed by atoms with van der Waals surface area (Å²) >= 11 is 0. The highest BCUT2D eigenvalue weighted by atomic mass is 16.4. The number of aliphatic carboxylic acids is 1. The van der Waals surface area contributed by atoms with Crippen LogP contribution in [0.1, 0.15) is 50.3 Å². The van der Waals surface area contributed by atoms with E-state index >= 15 is 0 Å². The Morgan fingerprint density at radius 3 is 2.15 bits per heavy atom. The molecular weight excluding hydrogens is 326 g/mol. The third kappa shape index (κ3) is 5.41. The molecule has 0 aliphatic carbocycles. The molecule has 3 atom stereocenters. The second-order valence-corrected chi connectivity index (χ2v) is 6.74. The number of hydrogen-bond donors (Lipinski definition) is 2. The molecule has 0 saturated carbocycles. The Kier molecular flexibility index (Phi) is 7.82. The first kappa shape index (κ1) is 20.1. The fourth-order valence-corrected chi connectivity index (χ4v) is 3.34. The first-order valence-corrected chi connectivity index (χ1v) is 9.30. The molecule has 0 bridgehead atoms. The molecule has 0 radical (unpaired) electrons. The summed E-state index contributed by atoms with van der Waals surface area (Å²) in [4.78, 5) is 13.7. The molecule has 0 spiro atoms. The van der Waals surface area contributed by atoms with Crippen molar-refractivity contribution in [2.75, 3.05) is 0 Å². The van der Waals surface area contributed by atoms with Crippen LogP contribution in [0.5, 0.6) is 0 Å². The molecule has 2 aromatic carbocycles. The summed E-state index contributed by atoms with van der Waals surface area (Å²) in [5.41, 5.74) is 2.22. The SMILES string of the molecule is CCCC[C@@H]([C@H](O)C(=O)O)N(Cc1ccccc1)[C@@H](C)c1ccccc1. The molecule has 26 heavy (non-hydrogen) atoms. The maximum absolute atomic E-state index is 11.5. The highest BCUT2D eigenvalue weighted by Gasteiger charge is 2.33. The van der Waals surface area contributed by atoms with Gasteiger partial charge in [0.2, 0.25) is 0 Å². The van der Waals surface area contributed by atoms with Crippen molar-refractivity contribution in [3.63, 3.8) is 0 Å². The minimum absolute atomic E-state index is 0.00716. The van der Waals surface area contributed by atoms with Crippen LogP contribution in [0, 0.1) is 0 Å². The summed E-state index contributed by atoms with van der Waals surface area (Å²) in [6, 6.07) is 19.6. The summed E-state index contributed by atoms with van der Waals surface area (Å²) in [6.45, 7) is 4.74. The molecule has 2 rings (SSSR count). The molecule has 4 nitrogen and oxygen atoms in total. The van der Waals surface area contributed by atoms with Crippen LogP contribution in [0.2, 0.25) is 0 Å². The molecule has 2 aromatic rings. The van der Waals surface area contributed by atoms with Crippen molar-refractivity contribution in [2.24, 2.45) is 0 Å². The number of rotatable bonds is 10. The molecule has 0 fully saturated rings. The van der Waals surface area contributed by atoms with Crippen LogP contribution in [0.4, 0.5) is 0 Å². The van der Waals surface area contributed by atoms with E-state index in [9.17, 15) is 15.0 Å². The van der Waals surface area contributed by atoms with Gasteiger partial charge in [-0.3, -0.25) is 4.90 Å². The predicted octanol–water partition coefficient (Wildman–Crippen LogP) is 4.25. The van der Waals surface area contributed by atoms with Crippen molar-refractivity contribution >= 4 is 5.97 Å². The van der Waals surface area contributed by atoms with Crippen LogP contribution in [-0.2, 0) is 11.3 Å². The van der Waals surface area contributed by atoms with Crippen molar-refractivity contribution < 1.29 is 15.0 Å². The standard InChI is InChI=1S/C22H29NO3/c1-3-4-15-20(21(24)22(25)26)23(16-18-11-7-5-8-12-18)17(2)19-13-9-6-10-14-19/h5-14,17,20-21,24H,3-4,15-16H2,1-2H3,(H,25,26)/t17-,20-,21-/m0/s1. The number of aliphatic hydroxyl groups excluding tert-OH is 1. The van der Waals surface area contributed by atoms with E-state index in [1.54, 1.807) is 0 Å². The van der Waals surface area contributed by atoms with E-state index < -0.39 is 18.1 Å². The van der Waals surface area contributed by atoms with Crippen LogP contribution in [0.25, 0.3) is 0 Å². The number of hydrogen-bond acceptors (Lipinski definition) is 3. The van der Waals surface area contributed by atoms with Gasteiger partial charge in [0.25, 0.3) is 0 Å². The lowest BCUT2D eigenvalue weighted by Gasteiger charge is -2.38. The minimum Gasteiger partial charge on any atom is -0.479 e. The zero-order valence-corrected chi connectivity index (χ0v) is 15.6. The Morgan fingerprint density at radius 2 is 1.62 bits per heavy atom. The van der Waals surface area contributed by atoms with Crippen LogP contribution in [-0.4, -0.2) is 33.2 Å². The molecule has 0 aliphatic rings. The smallest absolute Gasteiger partial charge is 0.334 e. The van der Waals surface area contributed by atoms with Gasteiger partial charge in [-0.2, -0.15) is 0 Å². The average molecular weight is 355 g/mol. The fourth-order valence-electron chi connectivity index (χ4n) is 3.34. The highest BCUT2D eigenvalue weighted by molar-refractivity contribution is 5.72. The maximum Gasteiger partial charge on any atom is 0.334 e. The monoisotopic (exact) mass is 355 g/mol. The molecule has 0 aromatic heterocycles. The van der Waals surface area contributed by atoms with Crippen molar-refractivity contribution in [3.8, 4) is 0 Å². The third-order valence-corrected chi connectivity index (χ3v) is 4.88. The first-order valence-electron chi connectivity index (χ1n) is 9.30. The van der Waals surface area contributed by atoms with Gasteiger partial charge >= 0.3 is 5.97 Å². The molecular formula is C22H29NO3. The molecule has 0 amide bonds. The Hall–Kier alpha value is -2.17. The van der Waals surface area contributed by atoms with Gasteiger partial charge in [-0.25, -0.2) is 4.79 Å². The second kappa shape index (κ2) is 10.1. The summed E-state index contributed by atoms with van der Waals surface area (Å²) in [7, 11) is 0. The van der Waals surface area contributed by atoms with Crippen LogP contribution >= 0.6 is 0 Å². The molecule has 4 heteroatoms. The van der Waals surface area contributed by atoms with E-state index in [4.69, 9.17) is 0 Å². The molecule has 0 heterocycles. The molecule has 0 aliphatic heterocycles. The molecule has 0 saturated heterocycles. The summed E-state index contributed by atoms with van der Waals surface area (Å²) in [5.74, 6) is -1.16. The van der Waals surface area contributed by atoms with E-state index in [0.29, 0.717) is 13.0 Å². The molecule has 0 unspecified atom stereocenters. The van der Waals surface area contributed by atoms with Crippen LogP contribution in [0.3, 0.4) is 0 Å². The Morgan fingerprint density at radius 1 is 1.04 bits per heavy atom. The van der Waals surface area contributed by atoms with E-state index in [0.717, 1.165) is 24.0 Å². The predicted molar refractivity (Wildman–Crippen MR) is 104 cm³/mol. The van der Waals surface area contributed by atoms with Gasteiger partial charge in [0.1, 0.15) is 0 Å². The average Bonchev–Trinajstić information content (AvgIpc) is 2.68. The van der Waals surface area contributed by atoms with Crippen molar-refractivity contribution in [1.29, 1.82) is 0 Å². The van der Waals surface area contributed by atoms with Gasteiger partial charge in [-0.05, 0) is 24.5 Å². The van der Waals surface area contributed by atoms with Crippen LogP contribution < -0.4 is 0 Å². The quantitative estimate of drug-likeness (QED) is 0.669. The lowest BCUT2D eigenvalue weighted by Crippen LogP contribution is -2.47. The zero-order valence-electron chi connectivity index (χ0n) is 15.6. The van der Waals surface area contributed by atoms with E-state index in [1.165, 1.54) is 0 Å². The number of carboxylic acids is 1. The summed E-state index contributed by atoms with van der Waals surface area (Å²) in [6.07, 6.45) is 1.08. The van der Waals surface area contributed by atoms with Gasteiger partial charge in [-0.1, -0.05) is 80.4 Å². The number of carbonyl (C=O) groups is 1. The number of unbranched alkanes of at least 4 members (excludes halogenated alkanes) is 1. The normalized spacial score (nSPS) is 14.8. The number of benzene rings is 2.